The highest BCUT2D eigenvalue weighted by atomic mass is 19.1. The number of halogens is 1. The molecular formula is C10H11FN2O3. The van der Waals surface area contributed by atoms with Gasteiger partial charge in [-0.15, -0.1) is 0 Å². The van der Waals surface area contributed by atoms with Crippen molar-refractivity contribution in [2.75, 3.05) is 6.61 Å². The number of pyridine rings is 1. The molecule has 1 aromatic heterocycles. The fourth-order valence-corrected chi connectivity index (χ4v) is 1.66. The lowest BCUT2D eigenvalue weighted by molar-refractivity contribution is -0.104. The molecule has 2 heterocycles. The third-order valence-corrected chi connectivity index (χ3v) is 2.52. The van der Waals surface area contributed by atoms with E-state index in [9.17, 15) is 9.18 Å². The van der Waals surface area contributed by atoms with Crippen molar-refractivity contribution in [3.63, 3.8) is 0 Å². The van der Waals surface area contributed by atoms with Gasteiger partial charge in [-0.3, -0.25) is 9.82 Å². The lowest BCUT2D eigenvalue weighted by atomic mass is 10.1. The Bertz CT molecular complexity index is 425. The summed E-state index contributed by atoms with van der Waals surface area (Å²) in [5, 5.41) is 9.69. The Morgan fingerprint density at radius 1 is 1.75 bits per heavy atom. The zero-order valence-corrected chi connectivity index (χ0v) is 8.68. The summed E-state index contributed by atoms with van der Waals surface area (Å²) in [6, 6.07) is 0.831. The summed E-state index contributed by atoms with van der Waals surface area (Å²) in [6.45, 7) is 1.87. The Labute approximate surface area is 91.4 Å². The minimum absolute atomic E-state index is 0.296. The number of rotatable bonds is 1. The fourth-order valence-electron chi connectivity index (χ4n) is 1.66. The summed E-state index contributed by atoms with van der Waals surface area (Å²) in [4.78, 5) is 19.6. The van der Waals surface area contributed by atoms with E-state index in [0.717, 1.165) is 5.06 Å². The van der Waals surface area contributed by atoms with Gasteiger partial charge < -0.3 is 5.11 Å². The fraction of sp³-hybridized carbons (Fsp3) is 0.400. The third-order valence-electron chi connectivity index (χ3n) is 2.52. The molecule has 1 aromatic rings. The van der Waals surface area contributed by atoms with Crippen molar-refractivity contribution in [2.45, 2.75) is 19.4 Å². The van der Waals surface area contributed by atoms with Crippen LogP contribution in [0.2, 0.25) is 0 Å². The number of carboxylic acid groups (broad SMARTS) is 1. The van der Waals surface area contributed by atoms with Crippen LogP contribution in [0.25, 0.3) is 0 Å². The maximum Gasteiger partial charge on any atom is 0.432 e. The standard InChI is InChI=1S/C10H11FN2O3/c1-6-8(11)4-7(5-12-6)9-2-3-16-13(9)10(14)15/h4-5,9H,2-3H2,1H3,(H,14,15)/t9-/m0/s1. The Morgan fingerprint density at radius 2 is 2.50 bits per heavy atom. The molecule has 0 radical (unpaired) electrons. The van der Waals surface area contributed by atoms with Crippen LogP contribution in [0.1, 0.15) is 23.7 Å². The molecule has 1 aliphatic heterocycles. The first-order chi connectivity index (χ1) is 7.59. The number of aromatic nitrogens is 1. The molecule has 1 fully saturated rings. The van der Waals surface area contributed by atoms with Gasteiger partial charge in [0.2, 0.25) is 0 Å². The molecule has 1 saturated heterocycles. The topological polar surface area (TPSA) is 62.7 Å². The Balaban J connectivity index is 2.29. The SMILES string of the molecule is Cc1ncc([C@@H]2CCON2C(=O)O)cc1F. The predicted octanol–water partition coefficient (Wildman–Crippen LogP) is 1.89. The van der Waals surface area contributed by atoms with Crippen LogP contribution in [-0.2, 0) is 4.84 Å². The molecule has 1 N–H and O–H groups in total. The lowest BCUT2D eigenvalue weighted by Gasteiger charge is -2.19. The molecule has 16 heavy (non-hydrogen) atoms. The van der Waals surface area contributed by atoms with Crippen molar-refractivity contribution < 1.29 is 19.1 Å². The molecule has 2 rings (SSSR count). The van der Waals surface area contributed by atoms with Gasteiger partial charge in [-0.2, -0.15) is 5.06 Å². The van der Waals surface area contributed by atoms with Crippen molar-refractivity contribution in [3.8, 4) is 0 Å². The molecule has 1 atom stereocenters. The van der Waals surface area contributed by atoms with E-state index in [4.69, 9.17) is 9.94 Å². The highest BCUT2D eigenvalue weighted by molar-refractivity contribution is 5.64. The van der Waals surface area contributed by atoms with Crippen LogP contribution < -0.4 is 0 Å². The van der Waals surface area contributed by atoms with Crippen LogP contribution in [0.15, 0.2) is 12.3 Å². The van der Waals surface area contributed by atoms with Crippen LogP contribution in [0.4, 0.5) is 9.18 Å². The zero-order chi connectivity index (χ0) is 11.7. The molecule has 0 saturated carbocycles. The first-order valence-electron chi connectivity index (χ1n) is 4.86. The Kier molecular flexibility index (Phi) is 2.74. The largest absolute Gasteiger partial charge is 0.463 e. The van der Waals surface area contributed by atoms with E-state index in [-0.39, 0.29) is 0 Å². The quantitative estimate of drug-likeness (QED) is 0.794. The molecule has 1 aliphatic rings. The second-order valence-electron chi connectivity index (χ2n) is 3.58. The lowest BCUT2D eigenvalue weighted by Crippen LogP contribution is -2.27. The number of aryl methyl sites for hydroxylation is 1. The second-order valence-corrected chi connectivity index (χ2v) is 3.58. The summed E-state index contributed by atoms with van der Waals surface area (Å²) in [5.74, 6) is -0.435. The Morgan fingerprint density at radius 3 is 3.12 bits per heavy atom. The zero-order valence-electron chi connectivity index (χ0n) is 8.68. The van der Waals surface area contributed by atoms with Crippen molar-refractivity contribution in [1.29, 1.82) is 0 Å². The van der Waals surface area contributed by atoms with Crippen LogP contribution in [0.5, 0.6) is 0 Å². The summed E-state index contributed by atoms with van der Waals surface area (Å²) < 4.78 is 13.3. The minimum Gasteiger partial charge on any atom is -0.463 e. The summed E-state index contributed by atoms with van der Waals surface area (Å²) >= 11 is 0. The molecule has 0 aromatic carbocycles. The number of hydrogen-bond acceptors (Lipinski definition) is 3. The normalized spacial score (nSPS) is 20.1. The average molecular weight is 226 g/mol. The molecule has 0 unspecified atom stereocenters. The van der Waals surface area contributed by atoms with Gasteiger partial charge in [-0.1, -0.05) is 0 Å². The molecule has 6 heteroatoms. The summed E-state index contributed by atoms with van der Waals surface area (Å²) in [5.41, 5.74) is 0.813. The number of carbonyl (C=O) groups is 1. The van der Waals surface area contributed by atoms with E-state index in [1.54, 1.807) is 6.92 Å². The van der Waals surface area contributed by atoms with Crippen LogP contribution in [0.3, 0.4) is 0 Å². The number of amides is 1. The van der Waals surface area contributed by atoms with Gasteiger partial charge in [0.1, 0.15) is 5.82 Å². The van der Waals surface area contributed by atoms with Crippen LogP contribution >= 0.6 is 0 Å². The Hall–Kier alpha value is -1.69. The van der Waals surface area contributed by atoms with Gasteiger partial charge in [0.15, 0.2) is 0 Å². The summed E-state index contributed by atoms with van der Waals surface area (Å²) in [6.07, 6.45) is 0.813. The number of nitrogens with zero attached hydrogens (tertiary/aromatic N) is 2. The second kappa shape index (κ2) is 4.05. The summed E-state index contributed by atoms with van der Waals surface area (Å²) in [7, 11) is 0. The highest BCUT2D eigenvalue weighted by Gasteiger charge is 2.32. The highest BCUT2D eigenvalue weighted by Crippen LogP contribution is 2.30. The van der Waals surface area contributed by atoms with E-state index in [0.29, 0.717) is 24.3 Å². The van der Waals surface area contributed by atoms with E-state index >= 15 is 0 Å². The van der Waals surface area contributed by atoms with Crippen LogP contribution in [-0.4, -0.2) is 27.9 Å². The average Bonchev–Trinajstić information content (AvgIpc) is 2.71. The molecule has 1 amide bonds. The number of hydroxylamine groups is 2. The van der Waals surface area contributed by atoms with Gasteiger partial charge in [-0.05, 0) is 18.6 Å². The van der Waals surface area contributed by atoms with Crippen molar-refractivity contribution >= 4 is 6.09 Å². The smallest absolute Gasteiger partial charge is 0.432 e. The minimum atomic E-state index is -1.18. The van der Waals surface area contributed by atoms with E-state index in [1.807, 2.05) is 0 Å². The van der Waals surface area contributed by atoms with Gasteiger partial charge >= 0.3 is 6.09 Å². The molecule has 0 bridgehead atoms. The maximum atomic E-state index is 13.3. The van der Waals surface area contributed by atoms with Crippen molar-refractivity contribution in [3.05, 3.63) is 29.3 Å². The van der Waals surface area contributed by atoms with Crippen LogP contribution in [0, 0.1) is 12.7 Å². The molecule has 5 nitrogen and oxygen atoms in total. The van der Waals surface area contributed by atoms with Gasteiger partial charge in [-0.25, -0.2) is 9.18 Å². The molecule has 0 aliphatic carbocycles. The molecule has 86 valence electrons. The molecular weight excluding hydrogens is 215 g/mol. The van der Waals surface area contributed by atoms with Crippen molar-refractivity contribution in [2.24, 2.45) is 0 Å². The van der Waals surface area contributed by atoms with E-state index < -0.39 is 18.0 Å². The van der Waals surface area contributed by atoms with Crippen molar-refractivity contribution in [1.82, 2.24) is 10.0 Å². The van der Waals surface area contributed by atoms with Gasteiger partial charge in [0.25, 0.3) is 0 Å². The first kappa shape index (κ1) is 10.8. The molecule has 0 spiro atoms. The van der Waals surface area contributed by atoms with E-state index in [2.05, 4.69) is 4.98 Å². The predicted molar refractivity (Wildman–Crippen MR) is 52.1 cm³/mol. The van der Waals surface area contributed by atoms with Gasteiger partial charge in [0, 0.05) is 12.6 Å². The van der Waals surface area contributed by atoms with E-state index in [1.165, 1.54) is 12.3 Å². The third kappa shape index (κ3) is 1.83. The maximum absolute atomic E-state index is 13.3. The monoisotopic (exact) mass is 226 g/mol. The van der Waals surface area contributed by atoms with Gasteiger partial charge in [0.05, 0.1) is 18.3 Å². The first-order valence-corrected chi connectivity index (χ1v) is 4.86. The number of hydrogen-bond donors (Lipinski definition) is 1.